The molecular formula is C12H15F2N3. The number of fused-ring (bicyclic) bond motifs is 1. The van der Waals surface area contributed by atoms with Gasteiger partial charge in [0.15, 0.2) is 5.65 Å². The number of hydrogen-bond acceptors (Lipinski definition) is 2. The first-order valence-corrected chi connectivity index (χ1v) is 5.61. The average Bonchev–Trinajstić information content (AvgIpc) is 2.54. The van der Waals surface area contributed by atoms with Gasteiger partial charge in [0.05, 0.1) is 5.69 Å². The summed E-state index contributed by atoms with van der Waals surface area (Å²) < 4.78 is 26.1. The monoisotopic (exact) mass is 239 g/mol. The van der Waals surface area contributed by atoms with Gasteiger partial charge in [0.2, 0.25) is 0 Å². The third kappa shape index (κ3) is 2.28. The summed E-state index contributed by atoms with van der Waals surface area (Å²) in [5, 5.41) is 4.95. The molecule has 0 aliphatic carbocycles. The van der Waals surface area contributed by atoms with Gasteiger partial charge in [-0.2, -0.15) is 5.10 Å². The second-order valence-electron chi connectivity index (χ2n) is 4.42. The fourth-order valence-electron chi connectivity index (χ4n) is 1.80. The van der Waals surface area contributed by atoms with Gasteiger partial charge in [0, 0.05) is 11.1 Å². The second kappa shape index (κ2) is 4.39. The highest BCUT2D eigenvalue weighted by atomic mass is 19.3. The molecule has 2 aromatic heterocycles. The van der Waals surface area contributed by atoms with E-state index in [2.05, 4.69) is 10.1 Å². The summed E-state index contributed by atoms with van der Waals surface area (Å²) in [6, 6.07) is 3.83. The first-order valence-electron chi connectivity index (χ1n) is 5.61. The molecule has 3 nitrogen and oxygen atoms in total. The van der Waals surface area contributed by atoms with E-state index in [9.17, 15) is 8.78 Å². The summed E-state index contributed by atoms with van der Waals surface area (Å²) in [6.07, 6.45) is -2.41. The molecule has 92 valence electrons. The van der Waals surface area contributed by atoms with E-state index in [0.717, 1.165) is 16.8 Å². The molecule has 0 unspecified atom stereocenters. The SMILES string of the molecule is Cc1nn(CC(F)F)c2nc(C(C)C)ccc12. The molecule has 0 fully saturated rings. The zero-order valence-electron chi connectivity index (χ0n) is 10.1. The minimum atomic E-state index is -2.41. The smallest absolute Gasteiger partial charge is 0.241 e. The third-order valence-corrected chi connectivity index (χ3v) is 2.70. The van der Waals surface area contributed by atoms with Gasteiger partial charge in [0.25, 0.3) is 6.43 Å². The topological polar surface area (TPSA) is 30.7 Å². The molecule has 2 heterocycles. The fourth-order valence-corrected chi connectivity index (χ4v) is 1.80. The van der Waals surface area contributed by atoms with Crippen LogP contribution in [0.1, 0.15) is 31.2 Å². The lowest BCUT2D eigenvalue weighted by Gasteiger charge is -2.06. The van der Waals surface area contributed by atoms with Gasteiger partial charge in [-0.1, -0.05) is 13.8 Å². The van der Waals surface area contributed by atoms with Gasteiger partial charge >= 0.3 is 0 Å². The Kier molecular flexibility index (Phi) is 3.09. The first-order chi connectivity index (χ1) is 7.99. The van der Waals surface area contributed by atoms with Crippen molar-refractivity contribution < 1.29 is 8.78 Å². The molecule has 0 radical (unpaired) electrons. The van der Waals surface area contributed by atoms with Crippen LogP contribution in [0.3, 0.4) is 0 Å². The predicted molar refractivity (Wildman–Crippen MR) is 62.4 cm³/mol. The summed E-state index contributed by atoms with van der Waals surface area (Å²) in [5.41, 5.74) is 2.19. The third-order valence-electron chi connectivity index (χ3n) is 2.70. The van der Waals surface area contributed by atoms with Crippen LogP contribution in [-0.2, 0) is 6.54 Å². The lowest BCUT2D eigenvalue weighted by Crippen LogP contribution is -2.09. The molecule has 0 atom stereocenters. The number of pyridine rings is 1. The van der Waals surface area contributed by atoms with Gasteiger partial charge in [-0.25, -0.2) is 18.4 Å². The van der Waals surface area contributed by atoms with Crippen molar-refractivity contribution in [3.05, 3.63) is 23.5 Å². The minimum absolute atomic E-state index is 0.273. The van der Waals surface area contributed by atoms with Crippen LogP contribution in [0.25, 0.3) is 11.0 Å². The van der Waals surface area contributed by atoms with Gasteiger partial charge in [0.1, 0.15) is 6.54 Å². The summed E-state index contributed by atoms with van der Waals surface area (Å²) in [7, 11) is 0. The number of hydrogen-bond donors (Lipinski definition) is 0. The normalized spacial score (nSPS) is 11.9. The van der Waals surface area contributed by atoms with E-state index >= 15 is 0 Å². The Morgan fingerprint density at radius 3 is 2.59 bits per heavy atom. The van der Waals surface area contributed by atoms with Gasteiger partial charge in [-0.05, 0) is 25.0 Å². The van der Waals surface area contributed by atoms with Crippen molar-refractivity contribution in [3.63, 3.8) is 0 Å². The van der Waals surface area contributed by atoms with Crippen molar-refractivity contribution in [1.82, 2.24) is 14.8 Å². The lowest BCUT2D eigenvalue weighted by atomic mass is 10.1. The summed E-state index contributed by atoms with van der Waals surface area (Å²) in [4.78, 5) is 4.42. The Morgan fingerprint density at radius 2 is 2.00 bits per heavy atom. The number of alkyl halides is 2. The van der Waals surface area contributed by atoms with Crippen molar-refractivity contribution in [1.29, 1.82) is 0 Å². The first kappa shape index (κ1) is 12.0. The molecule has 2 aromatic rings. The number of aryl methyl sites for hydroxylation is 1. The van der Waals surface area contributed by atoms with E-state index in [-0.39, 0.29) is 5.92 Å². The maximum atomic E-state index is 12.4. The van der Waals surface area contributed by atoms with Crippen molar-refractivity contribution in [2.45, 2.75) is 39.7 Å². The highest BCUT2D eigenvalue weighted by Gasteiger charge is 2.14. The number of nitrogens with zero attached hydrogens (tertiary/aromatic N) is 3. The maximum Gasteiger partial charge on any atom is 0.258 e. The van der Waals surface area contributed by atoms with Crippen LogP contribution in [0.4, 0.5) is 8.78 Å². The summed E-state index contributed by atoms with van der Waals surface area (Å²) in [5.74, 6) is 0.273. The van der Waals surface area contributed by atoms with Crippen molar-refractivity contribution in [2.75, 3.05) is 0 Å². The number of aromatic nitrogens is 3. The standard InChI is InChI=1S/C12H15F2N3/c1-7(2)10-5-4-9-8(3)16-17(6-11(13)14)12(9)15-10/h4-5,7,11H,6H2,1-3H3. The van der Waals surface area contributed by atoms with Crippen molar-refractivity contribution in [2.24, 2.45) is 0 Å². The molecule has 0 aliphatic heterocycles. The molecule has 0 amide bonds. The summed E-state index contributed by atoms with van der Waals surface area (Å²) in [6.45, 7) is 5.45. The quantitative estimate of drug-likeness (QED) is 0.823. The Labute approximate surface area is 98.5 Å². The van der Waals surface area contributed by atoms with Gasteiger partial charge in [-0.3, -0.25) is 0 Å². The Hall–Kier alpha value is -1.52. The zero-order valence-corrected chi connectivity index (χ0v) is 10.1. The van der Waals surface area contributed by atoms with E-state index in [4.69, 9.17) is 0 Å². The van der Waals surface area contributed by atoms with Crippen molar-refractivity contribution in [3.8, 4) is 0 Å². The van der Waals surface area contributed by atoms with Gasteiger partial charge in [-0.15, -0.1) is 0 Å². The van der Waals surface area contributed by atoms with Crippen LogP contribution in [0.15, 0.2) is 12.1 Å². The van der Waals surface area contributed by atoms with Crippen LogP contribution in [-0.4, -0.2) is 21.2 Å². The number of rotatable bonds is 3. The van der Waals surface area contributed by atoms with Crippen LogP contribution >= 0.6 is 0 Å². The molecule has 0 bridgehead atoms. The highest BCUT2D eigenvalue weighted by molar-refractivity contribution is 5.78. The average molecular weight is 239 g/mol. The molecule has 0 aromatic carbocycles. The van der Waals surface area contributed by atoms with E-state index in [1.54, 1.807) is 6.92 Å². The molecule has 0 spiro atoms. The molecule has 0 saturated carbocycles. The molecular weight excluding hydrogens is 224 g/mol. The summed E-state index contributed by atoms with van der Waals surface area (Å²) >= 11 is 0. The van der Waals surface area contributed by atoms with Crippen molar-refractivity contribution >= 4 is 11.0 Å². The van der Waals surface area contributed by atoms with E-state index in [0.29, 0.717) is 5.65 Å². The largest absolute Gasteiger partial charge is 0.258 e. The lowest BCUT2D eigenvalue weighted by molar-refractivity contribution is 0.123. The maximum absolute atomic E-state index is 12.4. The van der Waals surface area contributed by atoms with E-state index in [1.807, 2.05) is 26.0 Å². The van der Waals surface area contributed by atoms with Crippen LogP contribution in [0.2, 0.25) is 0 Å². The second-order valence-corrected chi connectivity index (χ2v) is 4.42. The molecule has 17 heavy (non-hydrogen) atoms. The fraction of sp³-hybridized carbons (Fsp3) is 0.500. The Balaban J connectivity index is 2.56. The highest BCUT2D eigenvalue weighted by Crippen LogP contribution is 2.20. The van der Waals surface area contributed by atoms with E-state index < -0.39 is 13.0 Å². The minimum Gasteiger partial charge on any atom is -0.241 e. The van der Waals surface area contributed by atoms with Crippen LogP contribution < -0.4 is 0 Å². The molecule has 0 saturated heterocycles. The van der Waals surface area contributed by atoms with Gasteiger partial charge < -0.3 is 0 Å². The van der Waals surface area contributed by atoms with Crippen LogP contribution in [0, 0.1) is 6.92 Å². The Morgan fingerprint density at radius 1 is 1.29 bits per heavy atom. The molecule has 2 rings (SSSR count). The number of halogens is 2. The zero-order chi connectivity index (χ0) is 12.6. The molecule has 5 heteroatoms. The van der Waals surface area contributed by atoms with Crippen LogP contribution in [0.5, 0.6) is 0 Å². The molecule has 0 aliphatic rings. The Bertz CT molecular complexity index is 532. The molecule has 0 N–H and O–H groups in total. The van der Waals surface area contributed by atoms with E-state index in [1.165, 1.54) is 4.68 Å². The predicted octanol–water partition coefficient (Wildman–Crippen LogP) is 3.13.